The Bertz CT molecular complexity index is 380. The van der Waals surface area contributed by atoms with Crippen molar-refractivity contribution in [2.75, 3.05) is 0 Å². The summed E-state index contributed by atoms with van der Waals surface area (Å²) in [6.45, 7) is 3.75. The van der Waals surface area contributed by atoms with E-state index < -0.39 is 17.7 Å². The molecule has 0 bridgehead atoms. The van der Waals surface area contributed by atoms with Crippen LogP contribution in [0.15, 0.2) is 12.1 Å². The smallest absolute Gasteiger partial charge is 0.133 e. The van der Waals surface area contributed by atoms with Gasteiger partial charge in [-0.25, -0.2) is 8.78 Å². The Kier molecular flexibility index (Phi) is 6.22. The summed E-state index contributed by atoms with van der Waals surface area (Å²) in [6, 6.07) is 2.28. The van der Waals surface area contributed by atoms with E-state index in [0.717, 1.165) is 25.7 Å². The molecule has 0 spiro atoms. The molecule has 0 radical (unpaired) electrons. The molecule has 0 fully saturated rings. The second-order valence-electron chi connectivity index (χ2n) is 4.66. The molecule has 1 unspecified atom stereocenters. The highest BCUT2D eigenvalue weighted by Crippen LogP contribution is 2.26. The van der Waals surface area contributed by atoms with Crippen molar-refractivity contribution in [3.63, 3.8) is 0 Å². The number of nitrogens with two attached hydrogens (primary N) is 1. The van der Waals surface area contributed by atoms with Gasteiger partial charge in [0, 0.05) is 5.56 Å². The fourth-order valence-electron chi connectivity index (χ4n) is 2.08. The van der Waals surface area contributed by atoms with Crippen molar-refractivity contribution >= 4 is 0 Å². The monoisotopic (exact) mass is 256 g/mol. The van der Waals surface area contributed by atoms with Crippen molar-refractivity contribution in [2.45, 2.75) is 52.0 Å². The quantitative estimate of drug-likeness (QED) is 0.443. The lowest BCUT2D eigenvalue weighted by molar-refractivity contribution is 0.435. The van der Waals surface area contributed by atoms with Gasteiger partial charge in [0.15, 0.2) is 0 Å². The lowest BCUT2D eigenvalue weighted by Crippen LogP contribution is -2.29. The third kappa shape index (κ3) is 3.75. The Labute approximate surface area is 108 Å². The summed E-state index contributed by atoms with van der Waals surface area (Å²) in [5, 5.41) is 0. The van der Waals surface area contributed by atoms with Crippen molar-refractivity contribution in [2.24, 2.45) is 5.84 Å². The Morgan fingerprint density at radius 3 is 2.56 bits per heavy atom. The first kappa shape index (κ1) is 15.1. The van der Waals surface area contributed by atoms with E-state index in [0.29, 0.717) is 12.0 Å². The van der Waals surface area contributed by atoms with Crippen LogP contribution in [0.25, 0.3) is 0 Å². The van der Waals surface area contributed by atoms with E-state index in [9.17, 15) is 8.78 Å². The molecule has 4 heteroatoms. The average molecular weight is 256 g/mol. The van der Waals surface area contributed by atoms with Crippen LogP contribution >= 0.6 is 0 Å². The molecule has 0 saturated carbocycles. The number of aryl methyl sites for hydroxylation is 1. The third-order valence-corrected chi connectivity index (χ3v) is 3.22. The van der Waals surface area contributed by atoms with Gasteiger partial charge in [-0.1, -0.05) is 38.7 Å². The van der Waals surface area contributed by atoms with Crippen molar-refractivity contribution in [1.82, 2.24) is 5.43 Å². The fraction of sp³-hybridized carbons (Fsp3) is 0.571. The van der Waals surface area contributed by atoms with Gasteiger partial charge in [0.25, 0.3) is 0 Å². The second-order valence-corrected chi connectivity index (χ2v) is 4.66. The van der Waals surface area contributed by atoms with Crippen molar-refractivity contribution in [3.8, 4) is 0 Å². The highest BCUT2D eigenvalue weighted by molar-refractivity contribution is 5.29. The molecule has 0 saturated heterocycles. The van der Waals surface area contributed by atoms with Gasteiger partial charge in [-0.15, -0.1) is 0 Å². The minimum absolute atomic E-state index is 0.0639. The zero-order valence-electron chi connectivity index (χ0n) is 11.1. The van der Waals surface area contributed by atoms with E-state index in [2.05, 4.69) is 12.3 Å². The van der Waals surface area contributed by atoms with Crippen LogP contribution < -0.4 is 11.3 Å². The summed E-state index contributed by atoms with van der Waals surface area (Å²) in [4.78, 5) is 0. The number of rotatable bonds is 7. The van der Waals surface area contributed by atoms with Crippen molar-refractivity contribution in [1.29, 1.82) is 0 Å². The standard InChI is InChI=1S/C14H22F2N2/c1-3-4-5-6-7-12(18-17)13-11(15)9-8-10(2)14(13)16/h8-9,12,18H,3-7,17H2,1-2H3. The Morgan fingerprint density at radius 2 is 1.94 bits per heavy atom. The lowest BCUT2D eigenvalue weighted by atomic mass is 9.98. The summed E-state index contributed by atoms with van der Waals surface area (Å²) in [5.41, 5.74) is 3.03. The molecule has 0 heterocycles. The predicted octanol–water partition coefficient (Wildman–Crippen LogP) is 3.75. The maximum atomic E-state index is 13.9. The molecule has 2 nitrogen and oxygen atoms in total. The van der Waals surface area contributed by atoms with Crippen molar-refractivity contribution in [3.05, 3.63) is 34.9 Å². The number of nitrogens with one attached hydrogen (secondary N) is 1. The maximum Gasteiger partial charge on any atom is 0.133 e. The minimum Gasteiger partial charge on any atom is -0.271 e. The molecule has 0 aromatic heterocycles. The molecular weight excluding hydrogens is 234 g/mol. The minimum atomic E-state index is -0.531. The van der Waals surface area contributed by atoms with Crippen LogP contribution in [0.5, 0.6) is 0 Å². The van der Waals surface area contributed by atoms with Crippen LogP contribution in [0.2, 0.25) is 0 Å². The zero-order valence-corrected chi connectivity index (χ0v) is 11.1. The molecule has 3 N–H and O–H groups in total. The predicted molar refractivity (Wildman–Crippen MR) is 69.9 cm³/mol. The molecule has 1 aromatic carbocycles. The molecule has 0 aliphatic carbocycles. The molecule has 1 atom stereocenters. The molecule has 0 amide bonds. The fourth-order valence-corrected chi connectivity index (χ4v) is 2.08. The maximum absolute atomic E-state index is 13.9. The van der Waals surface area contributed by atoms with E-state index in [4.69, 9.17) is 5.84 Å². The van der Waals surface area contributed by atoms with Gasteiger partial charge < -0.3 is 0 Å². The highest BCUT2D eigenvalue weighted by atomic mass is 19.1. The van der Waals surface area contributed by atoms with Crippen LogP contribution in [0.4, 0.5) is 8.78 Å². The summed E-state index contributed by atoms with van der Waals surface area (Å²) < 4.78 is 27.6. The van der Waals surface area contributed by atoms with E-state index in [1.54, 1.807) is 6.92 Å². The van der Waals surface area contributed by atoms with Crippen LogP contribution in [-0.4, -0.2) is 0 Å². The lowest BCUT2D eigenvalue weighted by Gasteiger charge is -2.18. The van der Waals surface area contributed by atoms with Gasteiger partial charge in [-0.3, -0.25) is 11.3 Å². The molecule has 0 aliphatic rings. The van der Waals surface area contributed by atoms with Crippen LogP contribution in [0.3, 0.4) is 0 Å². The number of hydrogen-bond donors (Lipinski definition) is 2. The number of hydrazine groups is 1. The molecule has 102 valence electrons. The normalized spacial score (nSPS) is 12.7. The Balaban J connectivity index is 2.78. The topological polar surface area (TPSA) is 38.0 Å². The summed E-state index contributed by atoms with van der Waals surface area (Å²) in [6.07, 6.45) is 4.89. The molecular formula is C14H22F2N2. The first-order valence-electron chi connectivity index (χ1n) is 6.52. The average Bonchev–Trinajstić information content (AvgIpc) is 2.37. The summed E-state index contributed by atoms with van der Waals surface area (Å²) in [5.74, 6) is 4.40. The molecule has 1 rings (SSSR count). The van der Waals surface area contributed by atoms with E-state index >= 15 is 0 Å². The number of unbranched alkanes of at least 4 members (excludes halogenated alkanes) is 3. The summed E-state index contributed by atoms with van der Waals surface area (Å²) in [7, 11) is 0. The third-order valence-electron chi connectivity index (χ3n) is 3.22. The van der Waals surface area contributed by atoms with Crippen molar-refractivity contribution < 1.29 is 8.78 Å². The SMILES string of the molecule is CCCCCCC(NN)c1c(F)ccc(C)c1F. The first-order chi connectivity index (χ1) is 8.61. The Morgan fingerprint density at radius 1 is 1.22 bits per heavy atom. The van der Waals surface area contributed by atoms with Gasteiger partial charge in [0.05, 0.1) is 6.04 Å². The van der Waals surface area contributed by atoms with Crippen LogP contribution in [0.1, 0.15) is 56.2 Å². The molecule has 18 heavy (non-hydrogen) atoms. The molecule has 0 aliphatic heterocycles. The first-order valence-corrected chi connectivity index (χ1v) is 6.52. The van der Waals surface area contributed by atoms with Gasteiger partial charge >= 0.3 is 0 Å². The van der Waals surface area contributed by atoms with Gasteiger partial charge in [-0.2, -0.15) is 0 Å². The Hall–Kier alpha value is -1.00. The zero-order chi connectivity index (χ0) is 13.5. The molecule has 1 aromatic rings. The van der Waals surface area contributed by atoms with Gasteiger partial charge in [-0.05, 0) is 25.0 Å². The number of halogens is 2. The second kappa shape index (κ2) is 7.44. The van der Waals surface area contributed by atoms with E-state index in [-0.39, 0.29) is 5.56 Å². The highest BCUT2D eigenvalue weighted by Gasteiger charge is 2.20. The van der Waals surface area contributed by atoms with E-state index in [1.807, 2.05) is 0 Å². The van der Waals surface area contributed by atoms with Gasteiger partial charge in [0.2, 0.25) is 0 Å². The van der Waals surface area contributed by atoms with E-state index in [1.165, 1.54) is 12.1 Å². The number of hydrogen-bond acceptors (Lipinski definition) is 2. The summed E-state index contributed by atoms with van der Waals surface area (Å²) >= 11 is 0. The van der Waals surface area contributed by atoms with Crippen LogP contribution in [-0.2, 0) is 0 Å². The number of benzene rings is 1. The van der Waals surface area contributed by atoms with Gasteiger partial charge in [0.1, 0.15) is 11.6 Å². The van der Waals surface area contributed by atoms with Crippen LogP contribution in [0, 0.1) is 18.6 Å². The largest absolute Gasteiger partial charge is 0.271 e.